The smallest absolute Gasteiger partial charge is 0.161 e. The summed E-state index contributed by atoms with van der Waals surface area (Å²) in [7, 11) is 1.76. The number of hydrogen-bond acceptors (Lipinski definition) is 4. The van der Waals surface area contributed by atoms with E-state index in [1.165, 1.54) is 11.1 Å². The number of ether oxygens (including phenoxy) is 3. The fourth-order valence-corrected chi connectivity index (χ4v) is 5.30. The molecule has 0 radical (unpaired) electrons. The highest BCUT2D eigenvalue weighted by atomic mass is 16.5. The van der Waals surface area contributed by atoms with E-state index in [1.54, 1.807) is 7.11 Å². The van der Waals surface area contributed by atoms with E-state index in [-0.39, 0.29) is 5.60 Å². The molecule has 4 heteroatoms. The Labute approximate surface area is 170 Å². The van der Waals surface area contributed by atoms with Gasteiger partial charge in [-0.2, -0.15) is 0 Å². The summed E-state index contributed by atoms with van der Waals surface area (Å²) in [5.74, 6) is 1.82. The average molecular weight is 388 g/mol. The molecule has 4 nitrogen and oxygen atoms in total. The molecule has 3 aliphatic rings. The third-order valence-corrected chi connectivity index (χ3v) is 6.47. The van der Waals surface area contributed by atoms with Crippen molar-refractivity contribution < 1.29 is 14.2 Å². The van der Waals surface area contributed by atoms with Gasteiger partial charge in [0.1, 0.15) is 0 Å². The average Bonchev–Trinajstić information content (AvgIpc) is 2.57. The zero-order valence-corrected chi connectivity index (χ0v) is 18.5. The van der Waals surface area contributed by atoms with Crippen LogP contribution in [0.5, 0.6) is 11.5 Å². The van der Waals surface area contributed by atoms with Gasteiger partial charge in [0, 0.05) is 19.1 Å². The van der Waals surface area contributed by atoms with Crippen LogP contribution in [0.1, 0.15) is 77.5 Å². The molecule has 2 aliphatic heterocycles. The Morgan fingerprint density at radius 2 is 1.79 bits per heavy atom. The van der Waals surface area contributed by atoms with E-state index in [1.807, 2.05) is 0 Å². The summed E-state index contributed by atoms with van der Waals surface area (Å²) in [4.78, 5) is 2.61. The molecule has 0 spiro atoms. The van der Waals surface area contributed by atoms with Crippen molar-refractivity contribution in [3.8, 4) is 11.5 Å². The second kappa shape index (κ2) is 7.21. The van der Waals surface area contributed by atoms with Crippen LogP contribution in [0.3, 0.4) is 0 Å². The zero-order valence-electron chi connectivity index (χ0n) is 18.5. The number of nitrogens with zero attached hydrogens (tertiary/aromatic N) is 1. The molecule has 2 fully saturated rings. The van der Waals surface area contributed by atoms with E-state index < -0.39 is 0 Å². The van der Waals surface area contributed by atoms with E-state index in [0.717, 1.165) is 56.7 Å². The highest BCUT2D eigenvalue weighted by Gasteiger charge is 2.39. The van der Waals surface area contributed by atoms with Crippen LogP contribution in [0.4, 0.5) is 0 Å². The Morgan fingerprint density at radius 1 is 1.04 bits per heavy atom. The van der Waals surface area contributed by atoms with Gasteiger partial charge in [0.05, 0.1) is 24.9 Å². The Bertz CT molecular complexity index is 713. The SMILES string of the molecule is COc1cc2c(cc1OC1CC(C)(C)C1)CCN1CC(OC(C)(C)C)CCC21. The molecular weight excluding hydrogens is 350 g/mol. The minimum atomic E-state index is -0.0727. The van der Waals surface area contributed by atoms with Crippen LogP contribution in [0.25, 0.3) is 0 Å². The normalized spacial score (nSPS) is 27.5. The molecule has 0 bridgehead atoms. The van der Waals surface area contributed by atoms with Gasteiger partial charge in [-0.15, -0.1) is 0 Å². The second-order valence-electron chi connectivity index (χ2n) is 10.7. The van der Waals surface area contributed by atoms with E-state index in [2.05, 4.69) is 51.7 Å². The van der Waals surface area contributed by atoms with Gasteiger partial charge in [0.2, 0.25) is 0 Å². The van der Waals surface area contributed by atoms with Crippen LogP contribution in [0.2, 0.25) is 0 Å². The minimum absolute atomic E-state index is 0.0727. The van der Waals surface area contributed by atoms with Crippen LogP contribution >= 0.6 is 0 Å². The van der Waals surface area contributed by atoms with Gasteiger partial charge < -0.3 is 14.2 Å². The summed E-state index contributed by atoms with van der Waals surface area (Å²) in [5.41, 5.74) is 3.21. The third kappa shape index (κ3) is 4.18. The first kappa shape index (κ1) is 20.0. The van der Waals surface area contributed by atoms with Crippen molar-refractivity contribution in [1.29, 1.82) is 0 Å². The Morgan fingerprint density at radius 3 is 2.43 bits per heavy atom. The molecule has 0 aromatic heterocycles. The lowest BCUT2D eigenvalue weighted by Crippen LogP contribution is -2.47. The van der Waals surface area contributed by atoms with Gasteiger partial charge in [-0.3, -0.25) is 4.90 Å². The van der Waals surface area contributed by atoms with Gasteiger partial charge >= 0.3 is 0 Å². The molecule has 2 heterocycles. The van der Waals surface area contributed by atoms with Gasteiger partial charge in [0.25, 0.3) is 0 Å². The predicted molar refractivity (Wildman–Crippen MR) is 112 cm³/mol. The molecule has 2 atom stereocenters. The predicted octanol–water partition coefficient (Wildman–Crippen LogP) is 5.14. The molecule has 4 rings (SSSR count). The first-order chi connectivity index (χ1) is 13.1. The fraction of sp³-hybridized carbons (Fsp3) is 0.750. The minimum Gasteiger partial charge on any atom is -0.493 e. The molecule has 0 N–H and O–H groups in total. The highest BCUT2D eigenvalue weighted by molar-refractivity contribution is 5.50. The fourth-order valence-electron chi connectivity index (χ4n) is 5.30. The van der Waals surface area contributed by atoms with Crippen molar-refractivity contribution in [3.05, 3.63) is 23.3 Å². The second-order valence-corrected chi connectivity index (χ2v) is 10.7. The van der Waals surface area contributed by atoms with E-state index >= 15 is 0 Å². The highest BCUT2D eigenvalue weighted by Crippen LogP contribution is 2.46. The molecule has 1 aromatic carbocycles. The van der Waals surface area contributed by atoms with Crippen molar-refractivity contribution in [2.24, 2.45) is 5.41 Å². The number of piperidine rings is 1. The number of methoxy groups -OCH3 is 1. The zero-order chi connectivity index (χ0) is 20.1. The third-order valence-electron chi connectivity index (χ3n) is 6.47. The molecule has 0 amide bonds. The molecular formula is C24H37NO3. The number of rotatable bonds is 4. The standard InChI is InChI=1S/C24H37NO3/c1-23(2,3)28-17-7-8-20-19-12-21(26-6)22(27-18-13-24(4,5)14-18)11-16(19)9-10-25(20)15-17/h11-12,17-18,20H,7-10,13-15H2,1-6H3. The molecule has 1 saturated carbocycles. The van der Waals surface area contributed by atoms with Crippen molar-refractivity contribution >= 4 is 0 Å². The first-order valence-electron chi connectivity index (χ1n) is 10.9. The lowest BCUT2D eigenvalue weighted by Gasteiger charge is -2.45. The number of benzene rings is 1. The summed E-state index contributed by atoms with van der Waals surface area (Å²) in [6.45, 7) is 13.2. The van der Waals surface area contributed by atoms with E-state index in [0.29, 0.717) is 23.7 Å². The summed E-state index contributed by atoms with van der Waals surface area (Å²) in [5, 5.41) is 0. The Hall–Kier alpha value is -1.26. The van der Waals surface area contributed by atoms with Crippen molar-refractivity contribution in [1.82, 2.24) is 4.90 Å². The van der Waals surface area contributed by atoms with Gasteiger partial charge in [-0.25, -0.2) is 0 Å². The van der Waals surface area contributed by atoms with Crippen molar-refractivity contribution in [2.75, 3.05) is 20.2 Å². The van der Waals surface area contributed by atoms with Crippen LogP contribution < -0.4 is 9.47 Å². The van der Waals surface area contributed by atoms with Crippen molar-refractivity contribution in [3.63, 3.8) is 0 Å². The van der Waals surface area contributed by atoms with Gasteiger partial charge in [-0.1, -0.05) is 13.8 Å². The summed E-state index contributed by atoms with van der Waals surface area (Å²) in [6, 6.07) is 4.99. The Kier molecular flexibility index (Phi) is 5.16. The van der Waals surface area contributed by atoms with E-state index in [9.17, 15) is 0 Å². The van der Waals surface area contributed by atoms with Crippen LogP contribution in [0, 0.1) is 5.41 Å². The molecule has 1 aliphatic carbocycles. The van der Waals surface area contributed by atoms with Crippen LogP contribution in [-0.2, 0) is 11.2 Å². The molecule has 156 valence electrons. The van der Waals surface area contributed by atoms with Crippen molar-refractivity contribution in [2.45, 2.75) is 90.6 Å². The first-order valence-corrected chi connectivity index (χ1v) is 10.9. The summed E-state index contributed by atoms with van der Waals surface area (Å²) >= 11 is 0. The van der Waals surface area contributed by atoms with Crippen LogP contribution in [0.15, 0.2) is 12.1 Å². The number of hydrogen-bond donors (Lipinski definition) is 0. The lowest BCUT2D eigenvalue weighted by molar-refractivity contribution is -0.0971. The lowest BCUT2D eigenvalue weighted by atomic mass is 9.70. The Balaban J connectivity index is 1.50. The van der Waals surface area contributed by atoms with Gasteiger partial charge in [-0.05, 0) is 81.5 Å². The maximum Gasteiger partial charge on any atom is 0.161 e. The molecule has 1 aromatic rings. The quantitative estimate of drug-likeness (QED) is 0.716. The largest absolute Gasteiger partial charge is 0.493 e. The summed E-state index contributed by atoms with van der Waals surface area (Å²) < 4.78 is 18.3. The maximum atomic E-state index is 6.32. The monoisotopic (exact) mass is 387 g/mol. The summed E-state index contributed by atoms with van der Waals surface area (Å²) in [6.07, 6.45) is 6.25. The molecule has 1 saturated heterocycles. The maximum absolute atomic E-state index is 6.32. The molecule has 2 unspecified atom stereocenters. The number of fused-ring (bicyclic) bond motifs is 3. The van der Waals surface area contributed by atoms with E-state index in [4.69, 9.17) is 14.2 Å². The topological polar surface area (TPSA) is 30.9 Å². The van der Waals surface area contributed by atoms with Gasteiger partial charge in [0.15, 0.2) is 11.5 Å². The molecule has 28 heavy (non-hydrogen) atoms. The van der Waals surface area contributed by atoms with Crippen LogP contribution in [-0.4, -0.2) is 42.9 Å².